The fourth-order valence-corrected chi connectivity index (χ4v) is 2.36. The monoisotopic (exact) mass is 355 g/mol. The molecule has 0 spiro atoms. The Morgan fingerprint density at radius 3 is 2.65 bits per heavy atom. The molecule has 0 fully saturated rings. The van der Waals surface area contributed by atoms with Crippen molar-refractivity contribution in [3.8, 4) is 0 Å². The van der Waals surface area contributed by atoms with Crippen molar-refractivity contribution in [2.45, 2.75) is 33.3 Å². The molecule has 0 saturated carbocycles. The van der Waals surface area contributed by atoms with E-state index in [-0.39, 0.29) is 6.61 Å². The third-order valence-electron chi connectivity index (χ3n) is 3.36. The second-order valence-electron chi connectivity index (χ2n) is 6.79. The van der Waals surface area contributed by atoms with Gasteiger partial charge in [-0.3, -0.25) is 4.57 Å². The molecular weight excluding hydrogens is 334 g/mol. The fraction of sp³-hybridized carbons (Fsp3) is 0.316. The summed E-state index contributed by atoms with van der Waals surface area (Å²) in [6.45, 7) is 7.33. The standard InChI is InChI=1S/C19H21N3O4/c1-13(12-25-17(23)11-21-20)10-14-6-5-7-16-15(14)8-9-22(16)18(24)26-19(2,3)4/h5-11H,12H2,1-4H3/b13-10+. The smallest absolute Gasteiger partial charge is 0.418 e. The van der Waals surface area contributed by atoms with Crippen LogP contribution < -0.4 is 0 Å². The van der Waals surface area contributed by atoms with Crippen LogP contribution in [-0.2, 0) is 14.3 Å². The Balaban J connectivity index is 2.27. The van der Waals surface area contributed by atoms with Crippen molar-refractivity contribution >= 4 is 35.3 Å². The SMILES string of the molecule is C/C(=C\c1cccc2c1ccn2C(=O)OC(C)(C)C)COC(=O)C=[N+]=[N-]. The molecule has 0 aliphatic rings. The molecule has 1 aromatic carbocycles. The van der Waals surface area contributed by atoms with Gasteiger partial charge in [-0.1, -0.05) is 18.2 Å². The summed E-state index contributed by atoms with van der Waals surface area (Å²) < 4.78 is 11.8. The van der Waals surface area contributed by atoms with Crippen molar-refractivity contribution in [2.24, 2.45) is 0 Å². The van der Waals surface area contributed by atoms with Gasteiger partial charge in [-0.2, -0.15) is 4.79 Å². The number of carbonyl (C=O) groups is 2. The number of carbonyl (C=O) groups excluding carboxylic acids is 2. The van der Waals surface area contributed by atoms with Gasteiger partial charge >= 0.3 is 18.3 Å². The average molecular weight is 355 g/mol. The first-order valence-electron chi connectivity index (χ1n) is 8.06. The van der Waals surface area contributed by atoms with Crippen molar-refractivity contribution < 1.29 is 23.9 Å². The number of hydrogen-bond acceptors (Lipinski definition) is 4. The van der Waals surface area contributed by atoms with E-state index in [1.807, 2.05) is 58.0 Å². The van der Waals surface area contributed by atoms with Crippen molar-refractivity contribution in [2.75, 3.05) is 6.61 Å². The summed E-state index contributed by atoms with van der Waals surface area (Å²) in [5.41, 5.74) is 10.1. The molecule has 0 bridgehead atoms. The van der Waals surface area contributed by atoms with Crippen LogP contribution in [0.2, 0.25) is 0 Å². The van der Waals surface area contributed by atoms with Crippen LogP contribution in [0.4, 0.5) is 4.79 Å². The first-order valence-corrected chi connectivity index (χ1v) is 8.06. The van der Waals surface area contributed by atoms with Crippen molar-refractivity contribution in [1.29, 1.82) is 0 Å². The van der Waals surface area contributed by atoms with Crippen LogP contribution >= 0.6 is 0 Å². The molecule has 0 aliphatic carbocycles. The van der Waals surface area contributed by atoms with Crippen LogP contribution in [-0.4, -0.2) is 39.8 Å². The number of aromatic nitrogens is 1. The van der Waals surface area contributed by atoms with Gasteiger partial charge in [0.2, 0.25) is 0 Å². The van der Waals surface area contributed by atoms with E-state index < -0.39 is 17.7 Å². The molecule has 7 nitrogen and oxygen atoms in total. The molecular formula is C19H21N3O4. The molecule has 7 heteroatoms. The van der Waals surface area contributed by atoms with Gasteiger partial charge in [0.1, 0.15) is 12.2 Å². The number of ether oxygens (including phenoxy) is 2. The van der Waals surface area contributed by atoms with E-state index in [2.05, 4.69) is 4.79 Å². The van der Waals surface area contributed by atoms with Crippen molar-refractivity contribution in [3.63, 3.8) is 0 Å². The van der Waals surface area contributed by atoms with E-state index in [9.17, 15) is 9.59 Å². The Kier molecular flexibility index (Phi) is 5.75. The van der Waals surface area contributed by atoms with Crippen molar-refractivity contribution in [1.82, 2.24) is 4.57 Å². The molecule has 2 rings (SSSR count). The second kappa shape index (κ2) is 7.80. The number of esters is 1. The zero-order valence-electron chi connectivity index (χ0n) is 15.2. The quantitative estimate of drug-likeness (QED) is 0.362. The Labute approximate surface area is 151 Å². The molecule has 0 amide bonds. The van der Waals surface area contributed by atoms with Gasteiger partial charge in [-0.25, -0.2) is 9.59 Å². The number of rotatable bonds is 4. The van der Waals surface area contributed by atoms with Crippen LogP contribution in [0.5, 0.6) is 0 Å². The highest BCUT2D eigenvalue weighted by molar-refractivity contribution is 6.20. The minimum atomic E-state index is -0.727. The zero-order chi connectivity index (χ0) is 19.3. The van der Waals surface area contributed by atoms with Gasteiger partial charge in [-0.05, 0) is 51.0 Å². The van der Waals surface area contributed by atoms with Gasteiger partial charge in [-0.15, -0.1) is 0 Å². The lowest BCUT2D eigenvalue weighted by Crippen LogP contribution is -2.26. The molecule has 0 saturated heterocycles. The first kappa shape index (κ1) is 19.1. The highest BCUT2D eigenvalue weighted by atomic mass is 16.6. The maximum Gasteiger partial charge on any atom is 0.418 e. The summed E-state index contributed by atoms with van der Waals surface area (Å²) in [4.78, 5) is 26.2. The van der Waals surface area contributed by atoms with Crippen LogP contribution in [0, 0.1) is 0 Å². The highest BCUT2D eigenvalue weighted by Crippen LogP contribution is 2.23. The maximum atomic E-state index is 12.3. The summed E-state index contributed by atoms with van der Waals surface area (Å²) >= 11 is 0. The lowest BCUT2D eigenvalue weighted by molar-refractivity contribution is -0.137. The molecule has 2 aromatic rings. The van der Waals surface area contributed by atoms with Gasteiger partial charge in [0.15, 0.2) is 0 Å². The number of fused-ring (bicyclic) bond motifs is 1. The molecule has 1 heterocycles. The third-order valence-corrected chi connectivity index (χ3v) is 3.36. The first-order chi connectivity index (χ1) is 12.2. The highest BCUT2D eigenvalue weighted by Gasteiger charge is 2.19. The summed E-state index contributed by atoms with van der Waals surface area (Å²) in [5.74, 6) is -0.727. The molecule has 0 aliphatic heterocycles. The third kappa shape index (κ3) is 4.91. The van der Waals surface area contributed by atoms with E-state index in [1.165, 1.54) is 4.57 Å². The molecule has 0 unspecified atom stereocenters. The second-order valence-corrected chi connectivity index (χ2v) is 6.79. The molecule has 0 radical (unpaired) electrons. The lowest BCUT2D eigenvalue weighted by Gasteiger charge is -2.19. The molecule has 1 aromatic heterocycles. The van der Waals surface area contributed by atoms with E-state index in [0.717, 1.165) is 22.0 Å². The van der Waals surface area contributed by atoms with Gasteiger partial charge in [0, 0.05) is 11.6 Å². The molecule has 0 atom stereocenters. The molecule has 26 heavy (non-hydrogen) atoms. The van der Waals surface area contributed by atoms with Gasteiger partial charge < -0.3 is 15.0 Å². The minimum absolute atomic E-state index is 0.0635. The predicted molar refractivity (Wildman–Crippen MR) is 97.9 cm³/mol. The predicted octanol–water partition coefficient (Wildman–Crippen LogP) is 3.67. The Morgan fingerprint density at radius 2 is 2.00 bits per heavy atom. The zero-order valence-corrected chi connectivity index (χ0v) is 15.2. The normalized spacial score (nSPS) is 11.8. The Bertz CT molecular complexity index is 912. The van der Waals surface area contributed by atoms with E-state index in [0.29, 0.717) is 6.21 Å². The number of benzene rings is 1. The number of hydrogen-bond donors (Lipinski definition) is 0. The van der Waals surface area contributed by atoms with Gasteiger partial charge in [0.25, 0.3) is 0 Å². The van der Waals surface area contributed by atoms with Crippen molar-refractivity contribution in [3.05, 3.63) is 47.1 Å². The average Bonchev–Trinajstić information content (AvgIpc) is 2.97. The summed E-state index contributed by atoms with van der Waals surface area (Å²) in [7, 11) is 0. The van der Waals surface area contributed by atoms with E-state index in [4.69, 9.17) is 15.0 Å². The topological polar surface area (TPSA) is 93.9 Å². The van der Waals surface area contributed by atoms with Crippen LogP contribution in [0.3, 0.4) is 0 Å². The summed E-state index contributed by atoms with van der Waals surface area (Å²) in [6.07, 6.45) is 3.78. The largest absolute Gasteiger partial charge is 0.453 e. The Hall–Kier alpha value is -3.18. The summed E-state index contributed by atoms with van der Waals surface area (Å²) in [6, 6.07) is 7.42. The minimum Gasteiger partial charge on any atom is -0.453 e. The molecule has 0 N–H and O–H groups in total. The van der Waals surface area contributed by atoms with E-state index >= 15 is 0 Å². The molecule has 136 valence electrons. The van der Waals surface area contributed by atoms with E-state index in [1.54, 1.807) is 6.20 Å². The van der Waals surface area contributed by atoms with Gasteiger partial charge in [0.05, 0.1) is 5.52 Å². The van der Waals surface area contributed by atoms with Crippen LogP contribution in [0.15, 0.2) is 36.0 Å². The summed E-state index contributed by atoms with van der Waals surface area (Å²) in [5, 5.41) is 0.876. The fourth-order valence-electron chi connectivity index (χ4n) is 2.36. The number of nitrogens with zero attached hydrogens (tertiary/aromatic N) is 3. The Morgan fingerprint density at radius 1 is 1.27 bits per heavy atom. The lowest BCUT2D eigenvalue weighted by atomic mass is 10.1. The maximum absolute atomic E-state index is 12.3. The van der Waals surface area contributed by atoms with Crippen LogP contribution in [0.25, 0.3) is 22.5 Å². The van der Waals surface area contributed by atoms with Crippen LogP contribution in [0.1, 0.15) is 33.3 Å².